The molecule has 1 saturated heterocycles. The molecule has 0 bridgehead atoms. The summed E-state index contributed by atoms with van der Waals surface area (Å²) in [5, 5.41) is 0. The van der Waals surface area contributed by atoms with Crippen molar-refractivity contribution in [3.05, 3.63) is 0 Å². The summed E-state index contributed by atoms with van der Waals surface area (Å²) in [5.41, 5.74) is 10.9. The Morgan fingerprint density at radius 2 is 2.06 bits per heavy atom. The molecule has 5 nitrogen and oxygen atoms in total. The van der Waals surface area contributed by atoms with E-state index < -0.39 is 0 Å². The average molecular weight is 231 g/mol. The number of rotatable bonds is 8. The second-order valence-corrected chi connectivity index (χ2v) is 4.12. The van der Waals surface area contributed by atoms with Crippen LogP contribution in [0.5, 0.6) is 0 Å². The minimum atomic E-state index is 0.387. The maximum absolute atomic E-state index is 5.59. The normalized spacial score (nSPS) is 22.5. The van der Waals surface area contributed by atoms with Gasteiger partial charge in [0.1, 0.15) is 0 Å². The summed E-state index contributed by atoms with van der Waals surface area (Å²) in [4.78, 5) is 2.42. The van der Waals surface area contributed by atoms with Gasteiger partial charge in [0.2, 0.25) is 0 Å². The number of morpholine rings is 1. The van der Waals surface area contributed by atoms with Crippen LogP contribution in [0.3, 0.4) is 0 Å². The van der Waals surface area contributed by atoms with E-state index in [4.69, 9.17) is 20.9 Å². The molecule has 1 aliphatic heterocycles. The van der Waals surface area contributed by atoms with E-state index in [-0.39, 0.29) is 0 Å². The van der Waals surface area contributed by atoms with E-state index in [2.05, 4.69) is 4.90 Å². The largest absolute Gasteiger partial charge is 0.380 e. The number of nitrogens with zero attached hydrogens (tertiary/aromatic N) is 1. The van der Waals surface area contributed by atoms with Crippen LogP contribution in [0.4, 0.5) is 0 Å². The third-order valence-electron chi connectivity index (χ3n) is 2.80. The third-order valence-corrected chi connectivity index (χ3v) is 2.80. The second-order valence-electron chi connectivity index (χ2n) is 4.12. The molecular weight excluding hydrogens is 206 g/mol. The van der Waals surface area contributed by atoms with Crippen LogP contribution in [-0.2, 0) is 9.47 Å². The molecule has 0 aromatic carbocycles. The fourth-order valence-electron chi connectivity index (χ4n) is 1.84. The van der Waals surface area contributed by atoms with Crippen LogP contribution in [0.15, 0.2) is 0 Å². The first kappa shape index (κ1) is 13.9. The zero-order valence-electron chi connectivity index (χ0n) is 10.1. The summed E-state index contributed by atoms with van der Waals surface area (Å²) >= 11 is 0. The maximum atomic E-state index is 5.59. The van der Waals surface area contributed by atoms with Crippen molar-refractivity contribution in [2.75, 3.05) is 52.6 Å². The Labute approximate surface area is 98.0 Å². The van der Waals surface area contributed by atoms with Gasteiger partial charge in [-0.1, -0.05) is 0 Å². The standard InChI is InChI=1S/C11H25N3O2/c12-3-1-5-14-6-8-16-10-11(14)9-15-7-2-4-13/h11H,1-10,12-13H2. The first-order valence-corrected chi connectivity index (χ1v) is 6.18. The Morgan fingerprint density at radius 1 is 1.25 bits per heavy atom. The molecule has 16 heavy (non-hydrogen) atoms. The van der Waals surface area contributed by atoms with E-state index in [1.54, 1.807) is 0 Å². The van der Waals surface area contributed by atoms with Gasteiger partial charge in [-0.05, 0) is 32.5 Å². The van der Waals surface area contributed by atoms with Crippen molar-refractivity contribution in [3.63, 3.8) is 0 Å². The molecule has 1 heterocycles. The van der Waals surface area contributed by atoms with Crippen LogP contribution >= 0.6 is 0 Å². The lowest BCUT2D eigenvalue weighted by Crippen LogP contribution is -2.48. The van der Waals surface area contributed by atoms with Gasteiger partial charge in [0.25, 0.3) is 0 Å². The summed E-state index contributed by atoms with van der Waals surface area (Å²) in [5.74, 6) is 0. The summed E-state index contributed by atoms with van der Waals surface area (Å²) in [6.45, 7) is 6.56. The highest BCUT2D eigenvalue weighted by atomic mass is 16.5. The predicted octanol–water partition coefficient (Wildman–Crippen LogP) is -0.599. The molecule has 0 amide bonds. The van der Waals surface area contributed by atoms with E-state index >= 15 is 0 Å². The quantitative estimate of drug-likeness (QED) is 0.546. The SMILES string of the molecule is NCCCOCC1COCCN1CCCN. The minimum absolute atomic E-state index is 0.387. The first-order chi connectivity index (χ1) is 7.88. The van der Waals surface area contributed by atoms with Crippen LogP contribution in [0.25, 0.3) is 0 Å². The molecule has 0 aromatic heterocycles. The first-order valence-electron chi connectivity index (χ1n) is 6.18. The van der Waals surface area contributed by atoms with Crippen molar-refractivity contribution < 1.29 is 9.47 Å². The highest BCUT2D eigenvalue weighted by molar-refractivity contribution is 4.75. The van der Waals surface area contributed by atoms with E-state index in [0.29, 0.717) is 12.6 Å². The molecule has 0 aliphatic carbocycles. The zero-order chi connectivity index (χ0) is 11.6. The molecule has 5 heteroatoms. The minimum Gasteiger partial charge on any atom is -0.380 e. The van der Waals surface area contributed by atoms with Crippen molar-refractivity contribution in [1.29, 1.82) is 0 Å². The van der Waals surface area contributed by atoms with Gasteiger partial charge in [0, 0.05) is 13.2 Å². The Hall–Kier alpha value is -0.200. The number of hydrogen-bond acceptors (Lipinski definition) is 5. The molecule has 96 valence electrons. The van der Waals surface area contributed by atoms with Gasteiger partial charge in [-0.15, -0.1) is 0 Å². The van der Waals surface area contributed by atoms with Crippen LogP contribution < -0.4 is 11.5 Å². The highest BCUT2D eigenvalue weighted by Gasteiger charge is 2.22. The molecular formula is C11H25N3O2. The molecule has 1 aliphatic rings. The molecule has 0 saturated carbocycles. The smallest absolute Gasteiger partial charge is 0.0644 e. The van der Waals surface area contributed by atoms with Gasteiger partial charge in [0.15, 0.2) is 0 Å². The molecule has 0 aromatic rings. The van der Waals surface area contributed by atoms with Gasteiger partial charge in [0.05, 0.1) is 25.9 Å². The average Bonchev–Trinajstić information content (AvgIpc) is 2.33. The van der Waals surface area contributed by atoms with E-state index in [0.717, 1.165) is 58.9 Å². The Morgan fingerprint density at radius 3 is 2.81 bits per heavy atom. The van der Waals surface area contributed by atoms with Crippen LogP contribution in [-0.4, -0.2) is 63.5 Å². The second kappa shape index (κ2) is 8.90. The molecule has 1 atom stereocenters. The van der Waals surface area contributed by atoms with Crippen molar-refractivity contribution in [2.45, 2.75) is 18.9 Å². The third kappa shape index (κ3) is 5.23. The fourth-order valence-corrected chi connectivity index (χ4v) is 1.84. The van der Waals surface area contributed by atoms with Gasteiger partial charge in [-0.25, -0.2) is 0 Å². The van der Waals surface area contributed by atoms with E-state index in [9.17, 15) is 0 Å². The monoisotopic (exact) mass is 231 g/mol. The zero-order valence-corrected chi connectivity index (χ0v) is 10.1. The highest BCUT2D eigenvalue weighted by Crippen LogP contribution is 2.08. The maximum Gasteiger partial charge on any atom is 0.0644 e. The summed E-state index contributed by atoms with van der Waals surface area (Å²) in [7, 11) is 0. The van der Waals surface area contributed by atoms with Crippen molar-refractivity contribution in [2.24, 2.45) is 11.5 Å². The van der Waals surface area contributed by atoms with E-state index in [1.165, 1.54) is 0 Å². The molecule has 0 spiro atoms. The molecule has 1 fully saturated rings. The van der Waals surface area contributed by atoms with Crippen LogP contribution in [0, 0.1) is 0 Å². The van der Waals surface area contributed by atoms with Gasteiger partial charge in [-0.3, -0.25) is 4.90 Å². The molecule has 4 N–H and O–H groups in total. The number of hydrogen-bond donors (Lipinski definition) is 2. The van der Waals surface area contributed by atoms with Gasteiger partial charge >= 0.3 is 0 Å². The Bertz CT molecular complexity index is 169. The number of nitrogens with two attached hydrogens (primary N) is 2. The predicted molar refractivity (Wildman–Crippen MR) is 64.3 cm³/mol. The Kier molecular flexibility index (Phi) is 7.71. The molecule has 1 rings (SSSR count). The van der Waals surface area contributed by atoms with E-state index in [1.807, 2.05) is 0 Å². The summed E-state index contributed by atoms with van der Waals surface area (Å²) in [6.07, 6.45) is 1.97. The van der Waals surface area contributed by atoms with Crippen molar-refractivity contribution in [3.8, 4) is 0 Å². The lowest BCUT2D eigenvalue weighted by atomic mass is 10.2. The molecule has 0 radical (unpaired) electrons. The van der Waals surface area contributed by atoms with Gasteiger partial charge < -0.3 is 20.9 Å². The lowest BCUT2D eigenvalue weighted by Gasteiger charge is -2.35. The van der Waals surface area contributed by atoms with Crippen LogP contribution in [0.2, 0.25) is 0 Å². The topological polar surface area (TPSA) is 73.7 Å². The van der Waals surface area contributed by atoms with Crippen molar-refractivity contribution in [1.82, 2.24) is 4.90 Å². The summed E-state index contributed by atoms with van der Waals surface area (Å²) in [6, 6.07) is 0.387. The number of ether oxygens (including phenoxy) is 2. The fraction of sp³-hybridized carbons (Fsp3) is 1.00. The van der Waals surface area contributed by atoms with Crippen molar-refractivity contribution >= 4 is 0 Å². The van der Waals surface area contributed by atoms with Gasteiger partial charge in [-0.2, -0.15) is 0 Å². The lowest BCUT2D eigenvalue weighted by molar-refractivity contribution is -0.0430. The Balaban J connectivity index is 2.18. The summed E-state index contributed by atoms with van der Waals surface area (Å²) < 4.78 is 11.1. The molecule has 1 unspecified atom stereocenters. The van der Waals surface area contributed by atoms with Crippen LogP contribution in [0.1, 0.15) is 12.8 Å².